The summed E-state index contributed by atoms with van der Waals surface area (Å²) in [6, 6.07) is 18.4. The van der Waals surface area contributed by atoms with Crippen molar-refractivity contribution in [1.82, 2.24) is 4.90 Å². The molecule has 166 valence electrons. The largest absolute Gasteiger partial charge is 0.292 e. The third kappa shape index (κ3) is 5.05. The smallest absolute Gasteiger partial charge is 0.0343 e. The molecule has 2 aromatic rings. The molecule has 0 amide bonds. The van der Waals surface area contributed by atoms with Crippen molar-refractivity contribution in [3.8, 4) is 0 Å². The van der Waals surface area contributed by atoms with Crippen LogP contribution in [0, 0.1) is 0 Å². The molecular formula is C31H37N. The van der Waals surface area contributed by atoms with E-state index in [4.69, 9.17) is 0 Å². The molecule has 1 heteroatoms. The molecule has 4 rings (SSSR count). The van der Waals surface area contributed by atoms with Crippen LogP contribution in [-0.4, -0.2) is 23.0 Å². The zero-order chi connectivity index (χ0) is 22.8. The highest BCUT2D eigenvalue weighted by atomic mass is 15.2. The van der Waals surface area contributed by atoms with Crippen molar-refractivity contribution in [1.29, 1.82) is 0 Å². The van der Waals surface area contributed by atoms with Crippen molar-refractivity contribution in [3.63, 3.8) is 0 Å². The third-order valence-corrected chi connectivity index (χ3v) is 7.28. The van der Waals surface area contributed by atoms with Crippen LogP contribution < -0.4 is 0 Å². The van der Waals surface area contributed by atoms with Gasteiger partial charge in [0.25, 0.3) is 0 Å². The Hall–Kier alpha value is -2.64. The van der Waals surface area contributed by atoms with Crippen molar-refractivity contribution in [2.75, 3.05) is 7.05 Å². The van der Waals surface area contributed by atoms with Gasteiger partial charge in [0.2, 0.25) is 0 Å². The molecule has 0 aromatic heterocycles. The topological polar surface area (TPSA) is 3.24 Å². The van der Waals surface area contributed by atoms with E-state index in [-0.39, 0.29) is 11.1 Å². The highest BCUT2D eigenvalue weighted by Gasteiger charge is 2.38. The van der Waals surface area contributed by atoms with Crippen LogP contribution in [0.15, 0.2) is 91.1 Å². The molecule has 1 aliphatic heterocycles. The van der Waals surface area contributed by atoms with Crippen LogP contribution in [-0.2, 0) is 12.8 Å². The first-order valence-electron chi connectivity index (χ1n) is 11.9. The van der Waals surface area contributed by atoms with Gasteiger partial charge >= 0.3 is 0 Å². The lowest BCUT2D eigenvalue weighted by Crippen LogP contribution is -2.54. The summed E-state index contributed by atoms with van der Waals surface area (Å²) < 4.78 is 0. The highest BCUT2D eigenvalue weighted by molar-refractivity contribution is 5.69. The van der Waals surface area contributed by atoms with Crippen LogP contribution in [0.4, 0.5) is 0 Å². The Morgan fingerprint density at radius 3 is 1.81 bits per heavy atom. The lowest BCUT2D eigenvalue weighted by molar-refractivity contribution is 0.0697. The van der Waals surface area contributed by atoms with E-state index in [9.17, 15) is 0 Å². The minimum atomic E-state index is 0.0702. The predicted octanol–water partition coefficient (Wildman–Crippen LogP) is 7.51. The SMILES string of the molecule is CN1C(C)(C)C=C(c2ccc(CCc3ccc(C4C=CC=CC=C4)cc3)cc2)CC1(C)C. The summed E-state index contributed by atoms with van der Waals surface area (Å²) in [5, 5.41) is 0. The number of likely N-dealkylation sites (N-methyl/N-ethyl adjacent to an activating group) is 1. The third-order valence-electron chi connectivity index (χ3n) is 7.28. The average molecular weight is 424 g/mol. The van der Waals surface area contributed by atoms with Crippen LogP contribution in [0.3, 0.4) is 0 Å². The second kappa shape index (κ2) is 9.08. The summed E-state index contributed by atoms with van der Waals surface area (Å²) in [4.78, 5) is 2.49. The van der Waals surface area contributed by atoms with Gasteiger partial charge in [-0.2, -0.15) is 0 Å². The second-order valence-corrected chi connectivity index (χ2v) is 10.5. The van der Waals surface area contributed by atoms with Gasteiger partial charge in [0.05, 0.1) is 0 Å². The molecule has 0 spiro atoms. The molecule has 1 aliphatic carbocycles. The minimum absolute atomic E-state index is 0.0702. The van der Waals surface area contributed by atoms with Gasteiger partial charge in [0.1, 0.15) is 0 Å². The zero-order valence-corrected chi connectivity index (χ0v) is 20.3. The summed E-state index contributed by atoms with van der Waals surface area (Å²) in [7, 11) is 2.24. The molecule has 0 bridgehead atoms. The molecule has 2 aromatic carbocycles. The van der Waals surface area contributed by atoms with E-state index in [0.29, 0.717) is 5.92 Å². The number of aryl methyl sites for hydroxylation is 2. The number of rotatable bonds is 5. The van der Waals surface area contributed by atoms with Crippen LogP contribution in [0.1, 0.15) is 62.3 Å². The van der Waals surface area contributed by atoms with Gasteiger partial charge in [-0.3, -0.25) is 4.90 Å². The summed E-state index contributed by atoms with van der Waals surface area (Å²) in [5.74, 6) is 0.371. The fraction of sp³-hybridized carbons (Fsp3) is 0.355. The maximum absolute atomic E-state index is 2.49. The van der Waals surface area contributed by atoms with Crippen molar-refractivity contribution in [2.24, 2.45) is 0 Å². The van der Waals surface area contributed by atoms with Crippen molar-refractivity contribution in [3.05, 3.63) is 113 Å². The highest BCUT2D eigenvalue weighted by Crippen LogP contribution is 2.39. The molecule has 0 fully saturated rings. The molecule has 1 heterocycles. The van der Waals surface area contributed by atoms with Crippen LogP contribution >= 0.6 is 0 Å². The van der Waals surface area contributed by atoms with E-state index in [1.807, 2.05) is 0 Å². The number of benzene rings is 2. The predicted molar refractivity (Wildman–Crippen MR) is 139 cm³/mol. The van der Waals surface area contributed by atoms with E-state index in [0.717, 1.165) is 19.3 Å². The first kappa shape index (κ1) is 22.6. The number of allylic oxidation sites excluding steroid dienone is 6. The molecule has 0 saturated carbocycles. The van der Waals surface area contributed by atoms with Crippen molar-refractivity contribution >= 4 is 5.57 Å². The Kier molecular flexibility index (Phi) is 6.40. The van der Waals surface area contributed by atoms with Gasteiger partial charge in [-0.05, 0) is 81.8 Å². The molecule has 2 aliphatic rings. The zero-order valence-electron chi connectivity index (χ0n) is 20.3. The summed E-state index contributed by atoms with van der Waals surface area (Å²) in [6.45, 7) is 9.32. The summed E-state index contributed by atoms with van der Waals surface area (Å²) in [5.41, 5.74) is 7.23. The van der Waals surface area contributed by atoms with Crippen LogP contribution in [0.25, 0.3) is 5.57 Å². The van der Waals surface area contributed by atoms with Crippen molar-refractivity contribution < 1.29 is 0 Å². The Morgan fingerprint density at radius 2 is 1.28 bits per heavy atom. The van der Waals surface area contributed by atoms with Gasteiger partial charge in [0.15, 0.2) is 0 Å². The standard InChI is InChI=1S/C31H37N/c1-30(2)22-29(23-31(3,4)32(30)5)28-20-16-25(17-21-28)13-12-24-14-18-27(19-15-24)26-10-8-6-7-9-11-26/h6-11,14-22,26H,12-13,23H2,1-5H3. The number of nitrogens with zero attached hydrogens (tertiary/aromatic N) is 1. The fourth-order valence-corrected chi connectivity index (χ4v) is 4.99. The van der Waals surface area contributed by atoms with Gasteiger partial charge in [-0.25, -0.2) is 0 Å². The van der Waals surface area contributed by atoms with Gasteiger partial charge in [0, 0.05) is 17.0 Å². The monoisotopic (exact) mass is 423 g/mol. The molecule has 0 saturated heterocycles. The molecular weight excluding hydrogens is 386 g/mol. The molecule has 0 atom stereocenters. The average Bonchev–Trinajstić information content (AvgIpc) is 3.06. The normalized spacial score (nSPS) is 20.2. The first-order chi connectivity index (χ1) is 15.2. The lowest BCUT2D eigenvalue weighted by Gasteiger charge is -2.49. The van der Waals surface area contributed by atoms with Crippen molar-refractivity contribution in [2.45, 2.75) is 64.0 Å². The van der Waals surface area contributed by atoms with Gasteiger partial charge in [-0.1, -0.05) is 91.1 Å². The Labute approximate surface area is 194 Å². The van der Waals surface area contributed by atoms with Crippen LogP contribution in [0.2, 0.25) is 0 Å². The second-order valence-electron chi connectivity index (χ2n) is 10.5. The number of hydrogen-bond acceptors (Lipinski definition) is 1. The van der Waals surface area contributed by atoms with E-state index < -0.39 is 0 Å². The Balaban J connectivity index is 1.39. The van der Waals surface area contributed by atoms with E-state index in [1.54, 1.807) is 0 Å². The molecule has 0 N–H and O–H groups in total. The summed E-state index contributed by atoms with van der Waals surface area (Å²) in [6.07, 6.45) is 18.6. The Morgan fingerprint density at radius 1 is 0.750 bits per heavy atom. The van der Waals surface area contributed by atoms with Gasteiger partial charge < -0.3 is 0 Å². The maximum Gasteiger partial charge on any atom is 0.0343 e. The molecule has 1 nitrogen and oxygen atoms in total. The van der Waals surface area contributed by atoms with E-state index in [2.05, 4.69) is 131 Å². The molecule has 0 radical (unpaired) electrons. The van der Waals surface area contributed by atoms with E-state index in [1.165, 1.54) is 27.8 Å². The fourth-order valence-electron chi connectivity index (χ4n) is 4.99. The van der Waals surface area contributed by atoms with Gasteiger partial charge in [-0.15, -0.1) is 0 Å². The maximum atomic E-state index is 2.49. The quantitative estimate of drug-likeness (QED) is 0.481. The van der Waals surface area contributed by atoms with Crippen LogP contribution in [0.5, 0.6) is 0 Å². The van der Waals surface area contributed by atoms with E-state index >= 15 is 0 Å². The molecule has 0 unspecified atom stereocenters. The Bertz CT molecular complexity index is 1030. The first-order valence-corrected chi connectivity index (χ1v) is 11.9. The number of hydrogen-bond donors (Lipinski definition) is 0. The minimum Gasteiger partial charge on any atom is -0.292 e. The molecule has 32 heavy (non-hydrogen) atoms. The summed E-state index contributed by atoms with van der Waals surface area (Å²) >= 11 is 0. The lowest BCUT2D eigenvalue weighted by atomic mass is 9.79.